The van der Waals surface area contributed by atoms with Gasteiger partial charge in [-0.2, -0.15) is 5.53 Å². The number of rotatable bonds is 7. The first-order chi connectivity index (χ1) is 11.1. The highest BCUT2D eigenvalue weighted by molar-refractivity contribution is 5.70. The molecular weight excluding hydrogens is 296 g/mol. The van der Waals surface area contributed by atoms with Crippen LogP contribution in [0.5, 0.6) is 0 Å². The fourth-order valence-electron chi connectivity index (χ4n) is 2.58. The van der Waals surface area contributed by atoms with E-state index in [4.69, 9.17) is 10.3 Å². The van der Waals surface area contributed by atoms with Gasteiger partial charge in [0.2, 0.25) is 0 Å². The van der Waals surface area contributed by atoms with Gasteiger partial charge in [0.15, 0.2) is 0 Å². The zero-order valence-electron chi connectivity index (χ0n) is 13.2. The highest BCUT2D eigenvalue weighted by Gasteiger charge is 2.21. The van der Waals surface area contributed by atoms with Crippen molar-refractivity contribution in [3.8, 4) is 0 Å². The first-order valence-corrected chi connectivity index (χ1v) is 7.55. The Balaban J connectivity index is 2.26. The number of morpholine rings is 1. The second-order valence-electron chi connectivity index (χ2n) is 5.35. The summed E-state index contributed by atoms with van der Waals surface area (Å²) in [7, 11) is 0. The smallest absolute Gasteiger partial charge is 0.309 e. The summed E-state index contributed by atoms with van der Waals surface area (Å²) in [6.45, 7) is 4.92. The molecule has 1 heterocycles. The highest BCUT2D eigenvalue weighted by atomic mass is 16.5. The van der Waals surface area contributed by atoms with E-state index in [2.05, 4.69) is 10.1 Å². The fourth-order valence-corrected chi connectivity index (χ4v) is 2.58. The van der Waals surface area contributed by atoms with Crippen LogP contribution in [0, 0.1) is 5.53 Å². The zero-order chi connectivity index (χ0) is 16.7. The van der Waals surface area contributed by atoms with Gasteiger partial charge >= 0.3 is 5.97 Å². The van der Waals surface area contributed by atoms with Crippen molar-refractivity contribution in [3.05, 3.63) is 47.3 Å². The third kappa shape index (κ3) is 4.79. The van der Waals surface area contributed by atoms with Gasteiger partial charge in [-0.25, -0.2) is 5.01 Å². The molecule has 1 fully saturated rings. The Labute approximate surface area is 135 Å². The lowest BCUT2D eigenvalue weighted by Crippen LogP contribution is -2.37. The van der Waals surface area contributed by atoms with Crippen LogP contribution >= 0.6 is 0 Å². The van der Waals surface area contributed by atoms with Gasteiger partial charge in [-0.15, -0.1) is 0 Å². The number of nitrogens with zero attached hydrogens (tertiary/aromatic N) is 3. The molecule has 7 heteroatoms. The normalized spacial score (nSPS) is 15.8. The molecule has 7 nitrogen and oxygen atoms in total. The first kappa shape index (κ1) is 17.0. The van der Waals surface area contributed by atoms with E-state index < -0.39 is 5.97 Å². The number of allylic oxidation sites excluding steroid dienone is 1. The van der Waals surface area contributed by atoms with Gasteiger partial charge in [0.05, 0.1) is 31.9 Å². The molecule has 23 heavy (non-hydrogen) atoms. The molecule has 0 bridgehead atoms. The minimum Gasteiger partial charge on any atom is -0.481 e. The summed E-state index contributed by atoms with van der Waals surface area (Å²) in [6.07, 6.45) is -0.168. The Hall–Kier alpha value is -2.41. The summed E-state index contributed by atoms with van der Waals surface area (Å²) in [5, 5.41) is 14.2. The summed E-state index contributed by atoms with van der Waals surface area (Å²) in [5.74, 6) is -0.936. The largest absolute Gasteiger partial charge is 0.481 e. The summed E-state index contributed by atoms with van der Waals surface area (Å²) in [4.78, 5) is 13.4. The number of ether oxygens (including phenoxy) is 1. The molecule has 1 aliphatic heterocycles. The van der Waals surface area contributed by atoms with Crippen LogP contribution in [0.1, 0.15) is 18.9 Å². The molecule has 0 aromatic heterocycles. The van der Waals surface area contributed by atoms with Crippen molar-refractivity contribution in [3.63, 3.8) is 0 Å². The van der Waals surface area contributed by atoms with E-state index in [-0.39, 0.29) is 6.42 Å². The van der Waals surface area contributed by atoms with E-state index in [1.807, 2.05) is 37.3 Å². The van der Waals surface area contributed by atoms with Crippen molar-refractivity contribution in [2.45, 2.75) is 19.9 Å². The maximum absolute atomic E-state index is 11.3. The van der Waals surface area contributed by atoms with Gasteiger partial charge in [-0.05, 0) is 12.5 Å². The van der Waals surface area contributed by atoms with Crippen LogP contribution in [0.2, 0.25) is 0 Å². The van der Waals surface area contributed by atoms with Crippen molar-refractivity contribution in [2.24, 2.45) is 5.22 Å². The van der Waals surface area contributed by atoms with Gasteiger partial charge in [0, 0.05) is 18.8 Å². The minimum absolute atomic E-state index is 0.168. The van der Waals surface area contributed by atoms with Gasteiger partial charge < -0.3 is 14.7 Å². The molecule has 0 atom stereocenters. The third-order valence-corrected chi connectivity index (χ3v) is 3.83. The molecule has 0 spiro atoms. The molecule has 2 rings (SSSR count). The second kappa shape index (κ2) is 8.28. The predicted molar refractivity (Wildman–Crippen MR) is 84.5 cm³/mol. The number of hydrogen-bond acceptors (Lipinski definition) is 5. The molecular formula is C16H22N4O3. The molecule has 0 unspecified atom stereocenters. The number of carboxylic acid groups (broad SMARTS) is 1. The van der Waals surface area contributed by atoms with E-state index in [1.54, 1.807) is 0 Å². The fraction of sp³-hybridized carbons (Fsp3) is 0.438. The Kier molecular flexibility index (Phi) is 6.10. The first-order valence-electron chi connectivity index (χ1n) is 7.55. The Morgan fingerprint density at radius 2 is 2.00 bits per heavy atom. The lowest BCUT2D eigenvalue weighted by molar-refractivity contribution is -0.136. The van der Waals surface area contributed by atoms with Gasteiger partial charge in [0.1, 0.15) is 0 Å². The molecule has 0 aliphatic carbocycles. The van der Waals surface area contributed by atoms with E-state index in [9.17, 15) is 9.90 Å². The number of carbonyl (C=O) groups is 1. The molecule has 0 radical (unpaired) electrons. The standard InChI is InChI=1S/C16H22N4O3/c1-13(19-7-9-23-10-8-19)15(11-16(21)22)20(18-17)12-14-5-3-2-4-6-14/h2-6,17H,7-12H2,1H3,(H,21,22)/b15-13+,18-17?. The summed E-state index contributed by atoms with van der Waals surface area (Å²) in [5.41, 5.74) is 9.82. The van der Waals surface area contributed by atoms with E-state index in [1.165, 1.54) is 5.01 Å². The maximum Gasteiger partial charge on any atom is 0.309 e. The van der Waals surface area contributed by atoms with Gasteiger partial charge in [0.25, 0.3) is 0 Å². The lowest BCUT2D eigenvalue weighted by atomic mass is 10.1. The molecule has 1 saturated heterocycles. The maximum atomic E-state index is 11.3. The van der Waals surface area contributed by atoms with Crippen LogP contribution in [0.3, 0.4) is 0 Å². The Morgan fingerprint density at radius 3 is 2.57 bits per heavy atom. The minimum atomic E-state index is -0.936. The molecule has 2 N–H and O–H groups in total. The van der Waals surface area contributed by atoms with Crippen molar-refractivity contribution < 1.29 is 14.6 Å². The lowest BCUT2D eigenvalue weighted by Gasteiger charge is -2.33. The third-order valence-electron chi connectivity index (χ3n) is 3.83. The average molecular weight is 318 g/mol. The van der Waals surface area contributed by atoms with E-state index >= 15 is 0 Å². The number of carboxylic acids is 1. The number of nitrogens with one attached hydrogen (secondary N) is 1. The Morgan fingerprint density at radius 1 is 1.35 bits per heavy atom. The van der Waals surface area contributed by atoms with E-state index in [0.717, 1.165) is 11.3 Å². The quantitative estimate of drug-likeness (QED) is 0.595. The molecule has 1 aliphatic rings. The summed E-state index contributed by atoms with van der Waals surface area (Å²) >= 11 is 0. The van der Waals surface area contributed by atoms with Crippen molar-refractivity contribution in [1.29, 1.82) is 5.53 Å². The van der Waals surface area contributed by atoms with Crippen molar-refractivity contribution in [2.75, 3.05) is 26.3 Å². The number of benzene rings is 1. The molecule has 124 valence electrons. The van der Waals surface area contributed by atoms with Crippen LogP contribution in [0.25, 0.3) is 0 Å². The Bertz CT molecular complexity index is 568. The highest BCUT2D eigenvalue weighted by Crippen LogP contribution is 2.22. The monoisotopic (exact) mass is 318 g/mol. The van der Waals surface area contributed by atoms with Crippen LogP contribution < -0.4 is 0 Å². The van der Waals surface area contributed by atoms with Crippen LogP contribution in [0.15, 0.2) is 46.9 Å². The SMILES string of the molecule is C/C(=C(/CC(=O)O)N(Cc1ccccc1)N=N)N1CCOCC1. The second-order valence-corrected chi connectivity index (χ2v) is 5.35. The topological polar surface area (TPSA) is 89.2 Å². The van der Waals surface area contributed by atoms with Crippen LogP contribution in [-0.4, -0.2) is 47.3 Å². The average Bonchev–Trinajstić information content (AvgIpc) is 2.59. The zero-order valence-corrected chi connectivity index (χ0v) is 13.2. The molecule has 0 amide bonds. The number of aliphatic carboxylic acids is 1. The molecule has 1 aromatic rings. The summed E-state index contributed by atoms with van der Waals surface area (Å²) < 4.78 is 5.34. The van der Waals surface area contributed by atoms with Crippen molar-refractivity contribution in [1.82, 2.24) is 9.91 Å². The summed E-state index contributed by atoms with van der Waals surface area (Å²) in [6, 6.07) is 9.60. The molecule has 0 saturated carbocycles. The van der Waals surface area contributed by atoms with E-state index in [0.29, 0.717) is 38.5 Å². The van der Waals surface area contributed by atoms with Crippen molar-refractivity contribution >= 4 is 5.97 Å². The van der Waals surface area contributed by atoms with Crippen LogP contribution in [0.4, 0.5) is 0 Å². The molecule has 1 aromatic carbocycles. The van der Waals surface area contributed by atoms with Crippen LogP contribution in [-0.2, 0) is 16.1 Å². The number of hydrogen-bond donors (Lipinski definition) is 2. The predicted octanol–water partition coefficient (Wildman–Crippen LogP) is 2.47. The van der Waals surface area contributed by atoms with Gasteiger partial charge in [-0.3, -0.25) is 4.79 Å². The van der Waals surface area contributed by atoms with Gasteiger partial charge in [-0.1, -0.05) is 35.6 Å².